The van der Waals surface area contributed by atoms with Gasteiger partial charge in [0.15, 0.2) is 17.3 Å². The first-order valence-electron chi connectivity index (χ1n) is 5.94. The third-order valence-corrected chi connectivity index (χ3v) is 3.32. The molecule has 1 aliphatic heterocycles. The summed E-state index contributed by atoms with van der Waals surface area (Å²) in [5.41, 5.74) is 3.70. The summed E-state index contributed by atoms with van der Waals surface area (Å²) in [6, 6.07) is 0. The van der Waals surface area contributed by atoms with Crippen molar-refractivity contribution in [2.45, 2.75) is 24.2 Å². The van der Waals surface area contributed by atoms with E-state index in [0.717, 1.165) is 6.33 Å². The Morgan fingerprint density at radius 1 is 1.41 bits per heavy atom. The lowest BCUT2D eigenvalue weighted by Crippen LogP contribution is -2.46. The molecule has 0 saturated carbocycles. The van der Waals surface area contributed by atoms with Crippen LogP contribution in [0, 0.1) is 0 Å². The van der Waals surface area contributed by atoms with E-state index >= 15 is 0 Å². The number of halogens is 4. The Hall–Kier alpha value is -2.21. The van der Waals surface area contributed by atoms with E-state index in [2.05, 4.69) is 19.7 Å². The van der Waals surface area contributed by atoms with E-state index in [0.29, 0.717) is 4.57 Å². The number of nitrogens with two attached hydrogens (primary N) is 1. The van der Waals surface area contributed by atoms with E-state index in [4.69, 9.17) is 10.8 Å². The Balaban J connectivity index is 2.18. The number of imidazole rings is 1. The van der Waals surface area contributed by atoms with E-state index in [-0.39, 0.29) is 5.52 Å². The Labute approximate surface area is 118 Å². The number of hydrogen-bond donors (Lipinski definition) is 3. The van der Waals surface area contributed by atoms with Crippen molar-refractivity contribution in [3.8, 4) is 0 Å². The van der Waals surface area contributed by atoms with Crippen LogP contribution in [0.3, 0.4) is 0 Å². The fraction of sp³-hybridized carbons (Fsp3) is 0.500. The molecule has 22 heavy (non-hydrogen) atoms. The predicted molar refractivity (Wildman–Crippen MR) is 63.5 cm³/mol. The Bertz CT molecular complexity index is 788. The number of fused-ring (bicyclic) bond motifs is 1. The first kappa shape index (κ1) is 14.7. The molecule has 2 atom stereocenters. The molecular formula is C10H9F4N5O3. The molecule has 3 heterocycles. The molecule has 2 aromatic rings. The molecule has 0 amide bonds. The predicted octanol–water partition coefficient (Wildman–Crippen LogP) is -0.138. The highest BCUT2D eigenvalue weighted by Crippen LogP contribution is 2.52. The Morgan fingerprint density at radius 2 is 2.09 bits per heavy atom. The molecule has 0 aliphatic carbocycles. The number of nitrogens with zero attached hydrogens (tertiary/aromatic N) is 3. The molecule has 3 rings (SSSR count). The van der Waals surface area contributed by atoms with Crippen LogP contribution in [0.25, 0.3) is 11.2 Å². The van der Waals surface area contributed by atoms with Gasteiger partial charge in [0, 0.05) is 0 Å². The molecular weight excluding hydrogens is 314 g/mol. The van der Waals surface area contributed by atoms with Crippen molar-refractivity contribution in [2.75, 3.05) is 12.3 Å². The van der Waals surface area contributed by atoms with Crippen molar-refractivity contribution in [1.82, 2.24) is 19.5 Å². The molecule has 4 N–H and O–H groups in total. The van der Waals surface area contributed by atoms with E-state index in [1.165, 1.54) is 0 Å². The molecule has 2 aromatic heterocycles. The number of aromatic nitrogens is 4. The van der Waals surface area contributed by atoms with Crippen LogP contribution in [0.1, 0.15) is 6.23 Å². The van der Waals surface area contributed by atoms with Gasteiger partial charge in [-0.2, -0.15) is 22.5 Å². The van der Waals surface area contributed by atoms with Gasteiger partial charge in [0.05, 0.1) is 12.9 Å². The van der Waals surface area contributed by atoms with Gasteiger partial charge in [-0.25, -0.2) is 4.98 Å². The lowest BCUT2D eigenvalue weighted by molar-refractivity contribution is -0.209. The van der Waals surface area contributed by atoms with Crippen molar-refractivity contribution in [3.63, 3.8) is 0 Å². The van der Waals surface area contributed by atoms with Gasteiger partial charge in [-0.1, -0.05) is 0 Å². The molecule has 1 saturated heterocycles. The highest BCUT2D eigenvalue weighted by Gasteiger charge is 2.73. The smallest absolute Gasteiger partial charge is 0.356 e. The first-order valence-corrected chi connectivity index (χ1v) is 5.94. The number of H-pyrrole nitrogens is 1. The summed E-state index contributed by atoms with van der Waals surface area (Å²) >= 11 is 0. The second kappa shape index (κ2) is 4.39. The minimum atomic E-state index is -4.65. The topological polar surface area (TPSA) is 119 Å². The molecule has 0 bridgehead atoms. The average Bonchev–Trinajstić information content (AvgIpc) is 2.89. The number of alkyl halides is 4. The van der Waals surface area contributed by atoms with Crippen LogP contribution in [0.15, 0.2) is 11.1 Å². The Kier molecular flexibility index (Phi) is 2.94. The van der Waals surface area contributed by atoms with Crippen molar-refractivity contribution in [1.29, 1.82) is 0 Å². The molecule has 0 aromatic carbocycles. The number of rotatable bonds is 2. The zero-order valence-corrected chi connectivity index (χ0v) is 10.6. The van der Waals surface area contributed by atoms with Crippen LogP contribution < -0.4 is 11.3 Å². The van der Waals surface area contributed by atoms with Gasteiger partial charge in [-0.15, -0.1) is 0 Å². The summed E-state index contributed by atoms with van der Waals surface area (Å²) in [7, 11) is 0. The molecule has 0 unspecified atom stereocenters. The summed E-state index contributed by atoms with van der Waals surface area (Å²) in [6.07, 6.45) is -4.16. The fourth-order valence-corrected chi connectivity index (χ4v) is 2.22. The zero-order chi connectivity index (χ0) is 16.3. The number of hydrogen-bond acceptors (Lipinski definition) is 6. The number of nitrogen functional groups attached to an aromatic ring is 1. The number of aromatic amines is 1. The number of anilines is 1. The van der Waals surface area contributed by atoms with E-state index in [1.807, 2.05) is 0 Å². The number of aliphatic hydroxyl groups excluding tert-OH is 1. The molecule has 12 heteroatoms. The van der Waals surface area contributed by atoms with Crippen molar-refractivity contribution < 1.29 is 27.4 Å². The van der Waals surface area contributed by atoms with Crippen LogP contribution in [-0.2, 0) is 4.74 Å². The molecule has 8 nitrogen and oxygen atoms in total. The molecule has 120 valence electrons. The summed E-state index contributed by atoms with van der Waals surface area (Å²) in [6.45, 7) is -1.30. The SMILES string of the molecule is Nc1nc2c(ncn2[C@@H]2O[C@H](CO)C(F)(F)C2(F)F)c(=O)[nH]1. The summed E-state index contributed by atoms with van der Waals surface area (Å²) in [5.74, 6) is -9.64. The molecule has 1 aliphatic rings. The molecule has 0 spiro atoms. The van der Waals surface area contributed by atoms with E-state index in [1.54, 1.807) is 0 Å². The van der Waals surface area contributed by atoms with Gasteiger partial charge >= 0.3 is 11.8 Å². The van der Waals surface area contributed by atoms with E-state index in [9.17, 15) is 22.4 Å². The number of aliphatic hydroxyl groups is 1. The Morgan fingerprint density at radius 3 is 2.68 bits per heavy atom. The minimum Gasteiger partial charge on any atom is -0.393 e. The van der Waals surface area contributed by atoms with Crippen LogP contribution in [0.4, 0.5) is 23.5 Å². The maximum atomic E-state index is 13.9. The number of ether oxygens (including phenoxy) is 1. The summed E-state index contributed by atoms with van der Waals surface area (Å²) < 4.78 is 60.1. The normalized spacial score (nSPS) is 26.6. The van der Waals surface area contributed by atoms with Crippen LogP contribution in [0.5, 0.6) is 0 Å². The second-order valence-corrected chi connectivity index (χ2v) is 4.68. The summed E-state index contributed by atoms with van der Waals surface area (Å²) in [4.78, 5) is 20.8. The average molecular weight is 323 g/mol. The zero-order valence-electron chi connectivity index (χ0n) is 10.6. The largest absolute Gasteiger partial charge is 0.393 e. The quantitative estimate of drug-likeness (QED) is 0.662. The van der Waals surface area contributed by atoms with Crippen molar-refractivity contribution in [2.24, 2.45) is 0 Å². The molecule has 0 radical (unpaired) electrons. The van der Waals surface area contributed by atoms with Gasteiger partial charge in [0.1, 0.15) is 0 Å². The van der Waals surface area contributed by atoms with Gasteiger partial charge in [-0.05, 0) is 0 Å². The maximum Gasteiger partial charge on any atom is 0.356 e. The van der Waals surface area contributed by atoms with Gasteiger partial charge in [-0.3, -0.25) is 14.3 Å². The molecule has 1 fully saturated rings. The maximum absolute atomic E-state index is 13.9. The highest BCUT2D eigenvalue weighted by molar-refractivity contribution is 5.70. The third-order valence-electron chi connectivity index (χ3n) is 3.32. The van der Waals surface area contributed by atoms with E-state index < -0.39 is 47.9 Å². The van der Waals surface area contributed by atoms with Crippen molar-refractivity contribution >= 4 is 17.1 Å². The van der Waals surface area contributed by atoms with Gasteiger partial charge in [0.2, 0.25) is 12.2 Å². The first-order chi connectivity index (χ1) is 10.2. The minimum absolute atomic E-state index is 0.357. The summed E-state index contributed by atoms with van der Waals surface area (Å²) in [5, 5.41) is 8.80. The lowest BCUT2D eigenvalue weighted by atomic mass is 10.1. The third kappa shape index (κ3) is 1.73. The van der Waals surface area contributed by atoms with Gasteiger partial charge in [0.25, 0.3) is 5.56 Å². The standard InChI is InChI=1S/C10H9F4N5O3/c11-9(12)3(1-20)22-7(10(9,13)14)19-2-16-4-5(19)17-8(15)18-6(4)21/h2-3,7,20H,1H2,(H3,15,17,18,21)/t3-,7-/m1/s1. The van der Waals surface area contributed by atoms with Crippen LogP contribution >= 0.6 is 0 Å². The van der Waals surface area contributed by atoms with Gasteiger partial charge < -0.3 is 15.6 Å². The lowest BCUT2D eigenvalue weighted by Gasteiger charge is -2.23. The highest BCUT2D eigenvalue weighted by atomic mass is 19.3. The van der Waals surface area contributed by atoms with Crippen LogP contribution in [-0.4, -0.2) is 49.2 Å². The fourth-order valence-electron chi connectivity index (χ4n) is 2.22. The van der Waals surface area contributed by atoms with Crippen LogP contribution in [0.2, 0.25) is 0 Å². The van der Waals surface area contributed by atoms with Crippen molar-refractivity contribution in [3.05, 3.63) is 16.7 Å². The number of nitrogens with one attached hydrogen (secondary N) is 1. The second-order valence-electron chi connectivity index (χ2n) is 4.68. The monoisotopic (exact) mass is 323 g/mol.